The van der Waals surface area contributed by atoms with E-state index in [1.54, 1.807) is 12.1 Å². The Morgan fingerprint density at radius 3 is 2.85 bits per heavy atom. The molecule has 0 unspecified atom stereocenters. The van der Waals surface area contributed by atoms with Gasteiger partial charge in [-0.15, -0.1) is 0 Å². The Hall–Kier alpha value is -2.77. The number of carbonyl (C=O) groups excluding carboxylic acids is 1. The largest absolute Gasteiger partial charge is 0.316 e. The number of aryl methyl sites for hydroxylation is 2. The number of fused-ring (bicyclic) bond motifs is 1. The van der Waals surface area contributed by atoms with Crippen LogP contribution < -0.4 is 4.80 Å². The number of carbonyl (C=O) groups is 1. The fraction of sp³-hybridized carbons (Fsp3) is 0.158. The van der Waals surface area contributed by atoms with E-state index in [-0.39, 0.29) is 5.69 Å². The van der Waals surface area contributed by atoms with Crippen LogP contribution in [0.1, 0.15) is 18.1 Å². The molecule has 0 saturated carbocycles. The SMILES string of the molecule is CCn1c(=NC(=O)/C=C/c2cccc([N+](=O)[O-])c2)sc2cc(Cl)cc(C)c21. The van der Waals surface area contributed by atoms with Crippen molar-refractivity contribution in [1.82, 2.24) is 4.57 Å². The van der Waals surface area contributed by atoms with E-state index in [1.165, 1.54) is 35.6 Å². The van der Waals surface area contributed by atoms with Crippen LogP contribution in [-0.2, 0) is 11.3 Å². The zero-order valence-electron chi connectivity index (χ0n) is 14.7. The molecule has 3 rings (SSSR count). The van der Waals surface area contributed by atoms with Gasteiger partial charge in [-0.25, -0.2) is 0 Å². The Balaban J connectivity index is 1.97. The van der Waals surface area contributed by atoms with Crippen LogP contribution in [0.5, 0.6) is 0 Å². The molecule has 0 saturated heterocycles. The van der Waals surface area contributed by atoms with Crippen LogP contribution in [0.3, 0.4) is 0 Å². The molecule has 0 atom stereocenters. The molecule has 6 nitrogen and oxygen atoms in total. The highest BCUT2D eigenvalue weighted by atomic mass is 35.5. The highest BCUT2D eigenvalue weighted by Gasteiger charge is 2.10. The average Bonchev–Trinajstić information content (AvgIpc) is 2.97. The minimum absolute atomic E-state index is 0.0257. The number of nitrogens with zero attached hydrogens (tertiary/aromatic N) is 3. The Morgan fingerprint density at radius 1 is 1.37 bits per heavy atom. The molecule has 0 aliphatic heterocycles. The third-order valence-electron chi connectivity index (χ3n) is 3.95. The van der Waals surface area contributed by atoms with Gasteiger partial charge in [0.05, 0.1) is 15.1 Å². The van der Waals surface area contributed by atoms with Crippen molar-refractivity contribution in [2.75, 3.05) is 0 Å². The molecule has 1 heterocycles. The first kappa shape index (κ1) is 19.0. The van der Waals surface area contributed by atoms with Crippen LogP contribution in [0.2, 0.25) is 5.02 Å². The lowest BCUT2D eigenvalue weighted by atomic mass is 10.2. The number of nitro groups is 1. The maximum absolute atomic E-state index is 12.3. The Labute approximate surface area is 164 Å². The van der Waals surface area contributed by atoms with Gasteiger partial charge in [0.15, 0.2) is 4.80 Å². The summed E-state index contributed by atoms with van der Waals surface area (Å²) in [6.45, 7) is 4.63. The molecule has 1 aromatic heterocycles. The minimum Gasteiger partial charge on any atom is -0.316 e. The fourth-order valence-electron chi connectivity index (χ4n) is 2.80. The van der Waals surface area contributed by atoms with E-state index in [2.05, 4.69) is 4.99 Å². The maximum Gasteiger partial charge on any atom is 0.272 e. The first-order valence-corrected chi connectivity index (χ1v) is 9.39. The van der Waals surface area contributed by atoms with Gasteiger partial charge >= 0.3 is 0 Å². The van der Waals surface area contributed by atoms with Crippen LogP contribution in [0.4, 0.5) is 5.69 Å². The van der Waals surface area contributed by atoms with Crippen molar-refractivity contribution in [2.45, 2.75) is 20.4 Å². The lowest BCUT2D eigenvalue weighted by Crippen LogP contribution is -2.15. The van der Waals surface area contributed by atoms with Gasteiger partial charge in [-0.2, -0.15) is 4.99 Å². The molecule has 138 valence electrons. The molecule has 1 amide bonds. The van der Waals surface area contributed by atoms with Crippen molar-refractivity contribution in [2.24, 2.45) is 4.99 Å². The van der Waals surface area contributed by atoms with Gasteiger partial charge in [0, 0.05) is 29.8 Å². The van der Waals surface area contributed by atoms with Crippen LogP contribution in [0, 0.1) is 17.0 Å². The topological polar surface area (TPSA) is 77.5 Å². The summed E-state index contributed by atoms with van der Waals surface area (Å²) < 4.78 is 2.95. The highest BCUT2D eigenvalue weighted by Crippen LogP contribution is 2.25. The summed E-state index contributed by atoms with van der Waals surface area (Å²) in [6, 6.07) is 9.82. The number of halogens is 1. The van der Waals surface area contributed by atoms with Crippen LogP contribution in [0.15, 0.2) is 47.5 Å². The number of hydrogen-bond donors (Lipinski definition) is 0. The third kappa shape index (κ3) is 4.15. The first-order valence-electron chi connectivity index (χ1n) is 8.19. The van der Waals surface area contributed by atoms with Crippen molar-refractivity contribution in [3.63, 3.8) is 0 Å². The standard InChI is InChI=1S/C19H16ClN3O3S/c1-3-22-18-12(2)9-14(20)11-16(18)27-19(22)21-17(24)8-7-13-5-4-6-15(10-13)23(25)26/h4-11H,3H2,1-2H3/b8-7+,21-19?. The molecule has 3 aromatic rings. The molecule has 0 bridgehead atoms. The van der Waals surface area contributed by atoms with Crippen molar-refractivity contribution in [1.29, 1.82) is 0 Å². The zero-order chi connectivity index (χ0) is 19.6. The number of benzene rings is 2. The van der Waals surface area contributed by atoms with E-state index in [1.807, 2.05) is 30.5 Å². The van der Waals surface area contributed by atoms with Gasteiger partial charge in [-0.1, -0.05) is 35.1 Å². The smallest absolute Gasteiger partial charge is 0.272 e. The predicted molar refractivity (Wildman–Crippen MR) is 108 cm³/mol. The molecule has 0 N–H and O–H groups in total. The number of non-ortho nitro benzene ring substituents is 1. The van der Waals surface area contributed by atoms with E-state index in [0.29, 0.717) is 21.9 Å². The molecule has 0 fully saturated rings. The summed E-state index contributed by atoms with van der Waals surface area (Å²) in [4.78, 5) is 27.4. The van der Waals surface area contributed by atoms with E-state index in [9.17, 15) is 14.9 Å². The summed E-state index contributed by atoms with van der Waals surface area (Å²) in [5.41, 5.74) is 2.58. The molecule has 8 heteroatoms. The van der Waals surface area contributed by atoms with Crippen LogP contribution in [0.25, 0.3) is 16.3 Å². The minimum atomic E-state index is -0.474. The van der Waals surface area contributed by atoms with E-state index >= 15 is 0 Å². The summed E-state index contributed by atoms with van der Waals surface area (Å²) in [6.07, 6.45) is 2.83. The van der Waals surface area contributed by atoms with Gasteiger partial charge < -0.3 is 4.57 Å². The second kappa shape index (κ2) is 7.85. The number of rotatable bonds is 4. The molecule has 0 spiro atoms. The molecule has 2 aromatic carbocycles. The molecule has 27 heavy (non-hydrogen) atoms. The zero-order valence-corrected chi connectivity index (χ0v) is 16.3. The van der Waals surface area contributed by atoms with Gasteiger partial charge in [0.2, 0.25) is 0 Å². The van der Waals surface area contributed by atoms with Crippen molar-refractivity contribution in [3.05, 3.63) is 73.5 Å². The fourth-order valence-corrected chi connectivity index (χ4v) is 4.35. The summed E-state index contributed by atoms with van der Waals surface area (Å²) in [5, 5.41) is 11.5. The van der Waals surface area contributed by atoms with Crippen molar-refractivity contribution >= 4 is 50.8 Å². The van der Waals surface area contributed by atoms with Crippen molar-refractivity contribution in [3.8, 4) is 0 Å². The van der Waals surface area contributed by atoms with E-state index in [4.69, 9.17) is 11.6 Å². The number of aromatic nitrogens is 1. The molecular weight excluding hydrogens is 386 g/mol. The quantitative estimate of drug-likeness (QED) is 0.360. The Bertz CT molecular complexity index is 1140. The normalized spacial score (nSPS) is 12.2. The number of amides is 1. The van der Waals surface area contributed by atoms with E-state index in [0.717, 1.165) is 15.8 Å². The number of nitro benzene ring substituents is 1. The van der Waals surface area contributed by atoms with Gasteiger partial charge in [0.25, 0.3) is 11.6 Å². The summed E-state index contributed by atoms with van der Waals surface area (Å²) in [5.74, 6) is -0.431. The van der Waals surface area contributed by atoms with Crippen LogP contribution >= 0.6 is 22.9 Å². The second-order valence-corrected chi connectivity index (χ2v) is 7.28. The highest BCUT2D eigenvalue weighted by molar-refractivity contribution is 7.16. The molecule has 0 aliphatic rings. The molecular formula is C19H16ClN3O3S. The van der Waals surface area contributed by atoms with Gasteiger partial charge in [-0.05, 0) is 43.2 Å². The number of thiazole rings is 1. The number of hydrogen-bond acceptors (Lipinski definition) is 4. The first-order chi connectivity index (χ1) is 12.9. The third-order valence-corrected chi connectivity index (χ3v) is 5.20. The monoisotopic (exact) mass is 401 g/mol. The lowest BCUT2D eigenvalue weighted by Gasteiger charge is -2.03. The van der Waals surface area contributed by atoms with Gasteiger partial charge in [-0.3, -0.25) is 14.9 Å². The Morgan fingerprint density at radius 2 is 2.15 bits per heavy atom. The second-order valence-electron chi connectivity index (χ2n) is 5.83. The Kier molecular flexibility index (Phi) is 5.53. The predicted octanol–water partition coefficient (Wildman–Crippen LogP) is 4.73. The summed E-state index contributed by atoms with van der Waals surface area (Å²) in [7, 11) is 0. The molecule has 0 aliphatic carbocycles. The van der Waals surface area contributed by atoms with Gasteiger partial charge in [0.1, 0.15) is 0 Å². The van der Waals surface area contributed by atoms with E-state index < -0.39 is 10.8 Å². The summed E-state index contributed by atoms with van der Waals surface area (Å²) >= 11 is 7.53. The lowest BCUT2D eigenvalue weighted by molar-refractivity contribution is -0.384. The average molecular weight is 402 g/mol. The maximum atomic E-state index is 12.3. The van der Waals surface area contributed by atoms with Crippen LogP contribution in [-0.4, -0.2) is 15.4 Å². The van der Waals surface area contributed by atoms with Crippen molar-refractivity contribution < 1.29 is 9.72 Å². The molecule has 0 radical (unpaired) electrons.